The highest BCUT2D eigenvalue weighted by molar-refractivity contribution is 5.68. The second kappa shape index (κ2) is 8.15. The lowest BCUT2D eigenvalue weighted by Gasteiger charge is -2.36. The molecule has 2 amide bonds. The maximum absolute atomic E-state index is 12.2. The van der Waals surface area contributed by atoms with Crippen LogP contribution in [0.15, 0.2) is 18.3 Å². The van der Waals surface area contributed by atoms with Gasteiger partial charge in [0.15, 0.2) is 0 Å². The van der Waals surface area contributed by atoms with Gasteiger partial charge in [0.05, 0.1) is 6.04 Å². The van der Waals surface area contributed by atoms with E-state index in [1.807, 2.05) is 37.9 Å². The van der Waals surface area contributed by atoms with Crippen molar-refractivity contribution in [3.63, 3.8) is 0 Å². The standard InChI is InChI=1S/C20H30N4O3/c1-20(2,3)27-19(26)23-12-10-22(11-13-23)18-8-7-16(14-21-18)17-6-4-5-9-24(17)15-25/h7-8,14-15,17H,4-6,9-13H2,1-3H3. The maximum atomic E-state index is 12.2. The molecule has 1 aromatic heterocycles. The monoisotopic (exact) mass is 374 g/mol. The van der Waals surface area contributed by atoms with E-state index in [2.05, 4.69) is 16.0 Å². The number of hydrogen-bond acceptors (Lipinski definition) is 5. The van der Waals surface area contributed by atoms with Crippen LogP contribution in [-0.2, 0) is 9.53 Å². The third-order valence-electron chi connectivity index (χ3n) is 5.09. The Kier molecular flexibility index (Phi) is 5.87. The first-order valence-corrected chi connectivity index (χ1v) is 9.77. The lowest BCUT2D eigenvalue weighted by Crippen LogP contribution is -2.50. The highest BCUT2D eigenvalue weighted by atomic mass is 16.6. The molecule has 0 N–H and O–H groups in total. The summed E-state index contributed by atoms with van der Waals surface area (Å²) in [5, 5.41) is 0. The summed E-state index contributed by atoms with van der Waals surface area (Å²) in [6, 6.07) is 4.24. The summed E-state index contributed by atoms with van der Waals surface area (Å²) in [4.78, 5) is 33.9. The Morgan fingerprint density at radius 3 is 2.48 bits per heavy atom. The van der Waals surface area contributed by atoms with Crippen molar-refractivity contribution < 1.29 is 14.3 Å². The third-order valence-corrected chi connectivity index (χ3v) is 5.09. The topological polar surface area (TPSA) is 66.0 Å². The predicted molar refractivity (Wildman–Crippen MR) is 104 cm³/mol. The molecule has 0 radical (unpaired) electrons. The number of nitrogens with zero attached hydrogens (tertiary/aromatic N) is 4. The number of piperidine rings is 1. The van der Waals surface area contributed by atoms with E-state index in [4.69, 9.17) is 4.74 Å². The average Bonchev–Trinajstić information content (AvgIpc) is 2.67. The summed E-state index contributed by atoms with van der Waals surface area (Å²) in [6.07, 6.45) is 5.80. The summed E-state index contributed by atoms with van der Waals surface area (Å²) in [5.41, 5.74) is 0.623. The fourth-order valence-electron chi connectivity index (χ4n) is 3.66. The minimum absolute atomic E-state index is 0.141. The van der Waals surface area contributed by atoms with Crippen LogP contribution in [-0.4, -0.2) is 65.6 Å². The molecule has 0 bridgehead atoms. The van der Waals surface area contributed by atoms with Gasteiger partial charge < -0.3 is 19.4 Å². The fourth-order valence-corrected chi connectivity index (χ4v) is 3.66. The molecule has 0 aromatic carbocycles. The third kappa shape index (κ3) is 4.90. The van der Waals surface area contributed by atoms with E-state index in [0.717, 1.165) is 56.7 Å². The van der Waals surface area contributed by atoms with Gasteiger partial charge in [0.25, 0.3) is 0 Å². The number of ether oxygens (including phenoxy) is 1. The van der Waals surface area contributed by atoms with Gasteiger partial charge >= 0.3 is 6.09 Å². The molecule has 7 nitrogen and oxygen atoms in total. The van der Waals surface area contributed by atoms with E-state index >= 15 is 0 Å². The van der Waals surface area contributed by atoms with Crippen molar-refractivity contribution in [3.05, 3.63) is 23.9 Å². The van der Waals surface area contributed by atoms with Gasteiger partial charge in [-0.3, -0.25) is 4.79 Å². The molecule has 2 aliphatic rings. The Hall–Kier alpha value is -2.31. The Labute approximate surface area is 161 Å². The van der Waals surface area contributed by atoms with Gasteiger partial charge in [-0.2, -0.15) is 0 Å². The largest absolute Gasteiger partial charge is 0.444 e. The van der Waals surface area contributed by atoms with Crippen LogP contribution in [0.2, 0.25) is 0 Å². The first kappa shape index (κ1) is 19.5. The van der Waals surface area contributed by atoms with Gasteiger partial charge in [0.2, 0.25) is 6.41 Å². The van der Waals surface area contributed by atoms with Crippen molar-refractivity contribution >= 4 is 18.3 Å². The van der Waals surface area contributed by atoms with E-state index in [9.17, 15) is 9.59 Å². The first-order valence-electron chi connectivity index (χ1n) is 9.77. The average molecular weight is 374 g/mol. The molecule has 3 heterocycles. The lowest BCUT2D eigenvalue weighted by atomic mass is 9.97. The molecule has 3 rings (SSSR count). The van der Waals surface area contributed by atoms with Crippen molar-refractivity contribution in [3.8, 4) is 0 Å². The quantitative estimate of drug-likeness (QED) is 0.761. The summed E-state index contributed by atoms with van der Waals surface area (Å²) in [7, 11) is 0. The minimum atomic E-state index is -0.472. The SMILES string of the molecule is CC(C)(C)OC(=O)N1CCN(c2ccc(C3CCCCN3C=O)cn2)CC1. The van der Waals surface area contributed by atoms with Gasteiger partial charge in [0, 0.05) is 38.9 Å². The van der Waals surface area contributed by atoms with Crippen molar-refractivity contribution in [2.45, 2.75) is 51.7 Å². The van der Waals surface area contributed by atoms with Crippen molar-refractivity contribution in [2.24, 2.45) is 0 Å². The van der Waals surface area contributed by atoms with Crippen LogP contribution in [0.4, 0.5) is 10.6 Å². The van der Waals surface area contributed by atoms with E-state index in [0.29, 0.717) is 13.1 Å². The molecule has 1 unspecified atom stereocenters. The number of amides is 2. The lowest BCUT2D eigenvalue weighted by molar-refractivity contribution is -0.121. The van der Waals surface area contributed by atoms with Crippen molar-refractivity contribution in [1.82, 2.24) is 14.8 Å². The highest BCUT2D eigenvalue weighted by Crippen LogP contribution is 2.30. The summed E-state index contributed by atoms with van der Waals surface area (Å²) < 4.78 is 5.44. The number of anilines is 1. The highest BCUT2D eigenvalue weighted by Gasteiger charge is 2.27. The zero-order valence-electron chi connectivity index (χ0n) is 16.6. The summed E-state index contributed by atoms with van der Waals surface area (Å²) in [6.45, 7) is 9.17. The zero-order valence-corrected chi connectivity index (χ0v) is 16.6. The number of aromatic nitrogens is 1. The molecule has 27 heavy (non-hydrogen) atoms. The molecule has 2 saturated heterocycles. The Morgan fingerprint density at radius 1 is 1.15 bits per heavy atom. The zero-order chi connectivity index (χ0) is 19.4. The van der Waals surface area contributed by atoms with Crippen LogP contribution in [0.25, 0.3) is 0 Å². The molecular weight excluding hydrogens is 344 g/mol. The Bertz CT molecular complexity index is 648. The first-order chi connectivity index (χ1) is 12.9. The van der Waals surface area contributed by atoms with Crippen LogP contribution in [0.5, 0.6) is 0 Å². The molecule has 0 spiro atoms. The fraction of sp³-hybridized carbons (Fsp3) is 0.650. The van der Waals surface area contributed by atoms with E-state index in [-0.39, 0.29) is 12.1 Å². The van der Waals surface area contributed by atoms with Crippen molar-refractivity contribution in [2.75, 3.05) is 37.6 Å². The number of hydrogen-bond donors (Lipinski definition) is 0. The Balaban J connectivity index is 1.57. The molecule has 2 fully saturated rings. The van der Waals surface area contributed by atoms with Crippen LogP contribution in [0.3, 0.4) is 0 Å². The minimum Gasteiger partial charge on any atom is -0.444 e. The van der Waals surface area contributed by atoms with Gasteiger partial charge in [0.1, 0.15) is 11.4 Å². The van der Waals surface area contributed by atoms with Crippen LogP contribution in [0.1, 0.15) is 51.6 Å². The van der Waals surface area contributed by atoms with Crippen LogP contribution >= 0.6 is 0 Å². The number of carbonyl (C=O) groups is 2. The maximum Gasteiger partial charge on any atom is 0.410 e. The van der Waals surface area contributed by atoms with Gasteiger partial charge in [-0.1, -0.05) is 6.07 Å². The van der Waals surface area contributed by atoms with E-state index < -0.39 is 5.60 Å². The summed E-state index contributed by atoms with van der Waals surface area (Å²) >= 11 is 0. The van der Waals surface area contributed by atoms with Gasteiger partial charge in [-0.05, 0) is 51.7 Å². The number of piperazine rings is 1. The van der Waals surface area contributed by atoms with Gasteiger partial charge in [-0.25, -0.2) is 9.78 Å². The molecule has 2 aliphatic heterocycles. The van der Waals surface area contributed by atoms with Crippen LogP contribution in [0, 0.1) is 0 Å². The molecular formula is C20H30N4O3. The number of pyridine rings is 1. The normalized spacial score (nSPS) is 21.1. The smallest absolute Gasteiger partial charge is 0.410 e. The number of carbonyl (C=O) groups excluding carboxylic acids is 2. The van der Waals surface area contributed by atoms with E-state index in [1.165, 1.54) is 0 Å². The number of rotatable bonds is 3. The second-order valence-electron chi connectivity index (χ2n) is 8.26. The van der Waals surface area contributed by atoms with Crippen molar-refractivity contribution in [1.29, 1.82) is 0 Å². The van der Waals surface area contributed by atoms with Crippen LogP contribution < -0.4 is 4.90 Å². The van der Waals surface area contributed by atoms with Gasteiger partial charge in [-0.15, -0.1) is 0 Å². The predicted octanol–water partition coefficient (Wildman–Crippen LogP) is 2.82. The van der Waals surface area contributed by atoms with E-state index in [1.54, 1.807) is 4.90 Å². The Morgan fingerprint density at radius 2 is 1.89 bits per heavy atom. The summed E-state index contributed by atoms with van der Waals surface area (Å²) in [5.74, 6) is 0.913. The molecule has 0 saturated carbocycles. The second-order valence-corrected chi connectivity index (χ2v) is 8.26. The molecule has 1 aromatic rings. The molecule has 0 aliphatic carbocycles. The molecule has 7 heteroatoms. The molecule has 148 valence electrons. The molecule has 1 atom stereocenters. The number of likely N-dealkylation sites (tertiary alicyclic amines) is 1.